The summed E-state index contributed by atoms with van der Waals surface area (Å²) in [5.41, 5.74) is 0.199. The highest BCUT2D eigenvalue weighted by Crippen LogP contribution is 2.32. The molecule has 28 heavy (non-hydrogen) atoms. The van der Waals surface area contributed by atoms with Crippen LogP contribution in [0.5, 0.6) is 5.88 Å². The Hall–Kier alpha value is -3.27. The molecule has 4 aromatic rings. The van der Waals surface area contributed by atoms with E-state index in [1.807, 2.05) is 0 Å². The van der Waals surface area contributed by atoms with Gasteiger partial charge in [-0.05, 0) is 12.1 Å². The Morgan fingerprint density at radius 3 is 2.43 bits per heavy atom. The zero-order chi connectivity index (χ0) is 19.9. The van der Waals surface area contributed by atoms with Crippen LogP contribution in [0.2, 0.25) is 5.15 Å². The molecule has 142 valence electrons. The number of nitrogens with zero attached hydrogens (tertiary/aromatic N) is 6. The predicted octanol–water partition coefficient (Wildman–Crippen LogP) is 3.95. The molecule has 0 aliphatic heterocycles. The van der Waals surface area contributed by atoms with Gasteiger partial charge in [0.05, 0.1) is 37.0 Å². The predicted molar refractivity (Wildman–Crippen MR) is 94.3 cm³/mol. The molecule has 0 aliphatic rings. The molecule has 0 bridgehead atoms. The summed E-state index contributed by atoms with van der Waals surface area (Å²) < 4.78 is 45.8. The van der Waals surface area contributed by atoms with Crippen LogP contribution in [0.4, 0.5) is 13.2 Å². The van der Waals surface area contributed by atoms with E-state index < -0.39 is 11.7 Å². The fourth-order valence-corrected chi connectivity index (χ4v) is 2.69. The van der Waals surface area contributed by atoms with Crippen molar-refractivity contribution in [2.45, 2.75) is 6.18 Å². The van der Waals surface area contributed by atoms with Gasteiger partial charge in [-0.2, -0.15) is 13.2 Å². The first-order valence-electron chi connectivity index (χ1n) is 7.81. The topological polar surface area (TPSA) is 78.6 Å². The Morgan fingerprint density at radius 2 is 1.82 bits per heavy atom. The minimum absolute atomic E-state index is 0.0531. The van der Waals surface area contributed by atoms with Crippen molar-refractivity contribution in [1.29, 1.82) is 0 Å². The van der Waals surface area contributed by atoms with Gasteiger partial charge < -0.3 is 4.74 Å². The van der Waals surface area contributed by atoms with E-state index in [0.29, 0.717) is 17.3 Å². The zero-order valence-electron chi connectivity index (χ0n) is 14.1. The molecule has 4 rings (SSSR count). The van der Waals surface area contributed by atoms with Crippen molar-refractivity contribution in [3.63, 3.8) is 0 Å². The number of methoxy groups -OCH3 is 1. The zero-order valence-corrected chi connectivity index (χ0v) is 14.9. The highest BCUT2D eigenvalue weighted by molar-refractivity contribution is 6.29. The van der Waals surface area contributed by atoms with Gasteiger partial charge in [0.1, 0.15) is 16.4 Å². The van der Waals surface area contributed by atoms with Crippen LogP contribution < -0.4 is 4.74 Å². The average molecular weight is 407 g/mol. The van der Waals surface area contributed by atoms with E-state index in [2.05, 4.69) is 24.9 Å². The lowest BCUT2D eigenvalue weighted by Gasteiger charge is -2.09. The number of fused-ring (bicyclic) bond motifs is 1. The van der Waals surface area contributed by atoms with Gasteiger partial charge in [-0.15, -0.1) is 0 Å². The number of hydrogen-bond donors (Lipinski definition) is 0. The highest BCUT2D eigenvalue weighted by Gasteiger charge is 2.32. The number of rotatable bonds is 3. The molecule has 11 heteroatoms. The van der Waals surface area contributed by atoms with Crippen LogP contribution >= 0.6 is 11.6 Å². The van der Waals surface area contributed by atoms with Crippen molar-refractivity contribution in [3.8, 4) is 23.1 Å². The number of halogens is 4. The molecule has 0 saturated carbocycles. The van der Waals surface area contributed by atoms with Crippen LogP contribution in [0.1, 0.15) is 5.56 Å². The summed E-state index contributed by atoms with van der Waals surface area (Å²) in [7, 11) is 1.48. The third-order valence-electron chi connectivity index (χ3n) is 3.86. The standard InChI is InChI=1S/C17H10ClF3N6O/c1-28-14-3-2-10(6-24-14)27-15-11(4-9(5-25-15)17(19,20)21)26-16(27)12-7-23-13(18)8-22-12/h2-8H,1H3. The van der Waals surface area contributed by atoms with Gasteiger partial charge in [0.2, 0.25) is 5.88 Å². The molecular weight excluding hydrogens is 397 g/mol. The lowest BCUT2D eigenvalue weighted by Crippen LogP contribution is -2.06. The first-order valence-corrected chi connectivity index (χ1v) is 8.18. The third-order valence-corrected chi connectivity index (χ3v) is 4.06. The van der Waals surface area contributed by atoms with Gasteiger partial charge in [-0.1, -0.05) is 11.6 Å². The van der Waals surface area contributed by atoms with Gasteiger partial charge in [0.15, 0.2) is 11.5 Å². The first-order chi connectivity index (χ1) is 13.4. The average Bonchev–Trinajstić information content (AvgIpc) is 3.06. The summed E-state index contributed by atoms with van der Waals surface area (Å²) >= 11 is 5.78. The Kier molecular flexibility index (Phi) is 4.34. The van der Waals surface area contributed by atoms with E-state index in [-0.39, 0.29) is 22.1 Å². The van der Waals surface area contributed by atoms with Crippen molar-refractivity contribution < 1.29 is 17.9 Å². The molecule has 0 fully saturated rings. The Labute approximate surface area is 160 Å². The minimum Gasteiger partial charge on any atom is -0.481 e. The number of hydrogen-bond acceptors (Lipinski definition) is 6. The molecule has 7 nitrogen and oxygen atoms in total. The third kappa shape index (κ3) is 3.22. The SMILES string of the molecule is COc1ccc(-n2c(-c3cnc(Cl)cn3)nc3cc(C(F)(F)F)cnc32)cn1. The van der Waals surface area contributed by atoms with Crippen molar-refractivity contribution in [2.75, 3.05) is 7.11 Å². The summed E-state index contributed by atoms with van der Waals surface area (Å²) in [5.74, 6) is 0.631. The molecule has 0 unspecified atom stereocenters. The van der Waals surface area contributed by atoms with Crippen LogP contribution in [0.3, 0.4) is 0 Å². The van der Waals surface area contributed by atoms with Crippen LogP contribution in [-0.2, 0) is 6.18 Å². The number of pyridine rings is 2. The largest absolute Gasteiger partial charge is 0.481 e. The van der Waals surface area contributed by atoms with Gasteiger partial charge in [0.25, 0.3) is 0 Å². The number of imidazole rings is 1. The number of ether oxygens (including phenoxy) is 1. The van der Waals surface area contributed by atoms with Crippen molar-refractivity contribution >= 4 is 22.8 Å². The Morgan fingerprint density at radius 1 is 1.00 bits per heavy atom. The van der Waals surface area contributed by atoms with Crippen molar-refractivity contribution in [3.05, 3.63) is 53.7 Å². The quantitative estimate of drug-likeness (QED) is 0.512. The second kappa shape index (κ2) is 6.71. The fraction of sp³-hybridized carbons (Fsp3) is 0.118. The number of aromatic nitrogens is 6. The molecule has 0 aliphatic carbocycles. The lowest BCUT2D eigenvalue weighted by molar-refractivity contribution is -0.137. The van der Waals surface area contributed by atoms with Crippen molar-refractivity contribution in [2.24, 2.45) is 0 Å². The summed E-state index contributed by atoms with van der Waals surface area (Å²) in [4.78, 5) is 20.5. The van der Waals surface area contributed by atoms with Crippen LogP contribution in [0.25, 0.3) is 28.4 Å². The minimum atomic E-state index is -4.53. The molecule has 0 saturated heterocycles. The molecule has 4 heterocycles. The first kappa shape index (κ1) is 18.1. The molecule has 0 atom stereocenters. The van der Waals surface area contributed by atoms with E-state index in [4.69, 9.17) is 16.3 Å². The smallest absolute Gasteiger partial charge is 0.417 e. The van der Waals surface area contributed by atoms with E-state index in [1.165, 1.54) is 25.7 Å². The maximum Gasteiger partial charge on any atom is 0.417 e. The van der Waals surface area contributed by atoms with E-state index in [9.17, 15) is 13.2 Å². The molecule has 4 aromatic heterocycles. The second-order valence-corrected chi connectivity index (χ2v) is 6.01. The fourth-order valence-electron chi connectivity index (χ4n) is 2.59. The van der Waals surface area contributed by atoms with Crippen LogP contribution in [0, 0.1) is 0 Å². The molecule has 0 amide bonds. The summed E-state index contributed by atoms with van der Waals surface area (Å²) in [5, 5.41) is 0.176. The maximum absolute atomic E-state index is 13.1. The van der Waals surface area contributed by atoms with E-state index >= 15 is 0 Å². The Bertz CT molecular complexity index is 1140. The number of alkyl halides is 3. The Balaban J connectivity index is 1.98. The van der Waals surface area contributed by atoms with E-state index in [1.54, 1.807) is 16.7 Å². The maximum atomic E-state index is 13.1. The van der Waals surface area contributed by atoms with Crippen LogP contribution in [-0.4, -0.2) is 36.6 Å². The van der Waals surface area contributed by atoms with Gasteiger partial charge in [-0.25, -0.2) is 24.9 Å². The summed E-state index contributed by atoms with van der Waals surface area (Å²) in [6, 6.07) is 4.23. The molecule has 0 radical (unpaired) electrons. The van der Waals surface area contributed by atoms with Gasteiger partial charge in [0, 0.05) is 12.3 Å². The lowest BCUT2D eigenvalue weighted by atomic mass is 10.2. The van der Waals surface area contributed by atoms with Crippen molar-refractivity contribution in [1.82, 2.24) is 29.5 Å². The summed E-state index contributed by atoms with van der Waals surface area (Å²) in [6.07, 6.45) is 0.414. The normalized spacial score (nSPS) is 11.8. The highest BCUT2D eigenvalue weighted by atomic mass is 35.5. The monoisotopic (exact) mass is 406 g/mol. The summed E-state index contributed by atoms with van der Waals surface area (Å²) in [6.45, 7) is 0. The van der Waals surface area contributed by atoms with Crippen LogP contribution in [0.15, 0.2) is 43.0 Å². The molecule has 0 aromatic carbocycles. The van der Waals surface area contributed by atoms with E-state index in [0.717, 1.165) is 12.3 Å². The van der Waals surface area contributed by atoms with Gasteiger partial charge >= 0.3 is 6.18 Å². The molecule has 0 N–H and O–H groups in total. The van der Waals surface area contributed by atoms with Gasteiger partial charge in [-0.3, -0.25) is 4.57 Å². The second-order valence-electron chi connectivity index (χ2n) is 5.62. The molecule has 0 spiro atoms. The molecular formula is C17H10ClF3N6O.